The number of ether oxygens (including phenoxy) is 1. The second-order valence-electron chi connectivity index (χ2n) is 8.44. The molecule has 1 saturated heterocycles. The molecule has 4 rings (SSSR count). The minimum Gasteiger partial charge on any atom is -0.368 e. The van der Waals surface area contributed by atoms with Crippen LogP contribution in [0.2, 0.25) is 0 Å². The molecule has 2 amide bonds. The standard InChI is InChI=1S/C23H32N4O3/c1-26(17-8-3-2-4-9-17)22(28)16-27-19-11-6-5-10-18(19)25-21(27)13-14-24-23(29)20-12-7-15-30-20/h5-6,10-11,17,20H,2-4,7-9,12-16H2,1H3,(H,24,29). The number of imidazole rings is 1. The highest BCUT2D eigenvalue weighted by Crippen LogP contribution is 2.23. The first kappa shape index (κ1) is 20.8. The monoisotopic (exact) mass is 412 g/mol. The van der Waals surface area contributed by atoms with E-state index < -0.39 is 0 Å². The first-order valence-electron chi connectivity index (χ1n) is 11.2. The molecule has 30 heavy (non-hydrogen) atoms. The maximum absolute atomic E-state index is 13.1. The Kier molecular flexibility index (Phi) is 6.67. The molecule has 0 radical (unpaired) electrons. The lowest BCUT2D eigenvalue weighted by Crippen LogP contribution is -2.40. The van der Waals surface area contributed by atoms with Gasteiger partial charge in [-0.05, 0) is 37.8 Å². The Hall–Kier alpha value is -2.41. The molecule has 0 bridgehead atoms. The normalized spacial score (nSPS) is 19.8. The van der Waals surface area contributed by atoms with Crippen molar-refractivity contribution in [3.63, 3.8) is 0 Å². The van der Waals surface area contributed by atoms with Gasteiger partial charge in [0.15, 0.2) is 0 Å². The molecule has 1 aliphatic heterocycles. The summed E-state index contributed by atoms with van der Waals surface area (Å²) in [6.45, 7) is 1.42. The molecule has 1 aromatic heterocycles. The fraction of sp³-hybridized carbons (Fsp3) is 0.609. The number of aromatic nitrogens is 2. The Labute approximate surface area is 177 Å². The molecule has 2 heterocycles. The zero-order valence-electron chi connectivity index (χ0n) is 17.8. The third-order valence-electron chi connectivity index (χ3n) is 6.41. The highest BCUT2D eigenvalue weighted by atomic mass is 16.5. The van der Waals surface area contributed by atoms with E-state index in [4.69, 9.17) is 9.72 Å². The zero-order chi connectivity index (χ0) is 20.9. The summed E-state index contributed by atoms with van der Waals surface area (Å²) in [7, 11) is 1.93. The number of amides is 2. The average molecular weight is 413 g/mol. The van der Waals surface area contributed by atoms with E-state index in [0.29, 0.717) is 25.6 Å². The second-order valence-corrected chi connectivity index (χ2v) is 8.44. The first-order valence-corrected chi connectivity index (χ1v) is 11.2. The number of fused-ring (bicyclic) bond motifs is 1. The van der Waals surface area contributed by atoms with Crippen molar-refractivity contribution in [2.24, 2.45) is 0 Å². The van der Waals surface area contributed by atoms with E-state index in [2.05, 4.69) is 5.32 Å². The second kappa shape index (κ2) is 9.60. The minimum atomic E-state index is -0.325. The summed E-state index contributed by atoms with van der Waals surface area (Å²) in [5.41, 5.74) is 1.84. The van der Waals surface area contributed by atoms with E-state index in [1.54, 1.807) is 0 Å². The summed E-state index contributed by atoms with van der Waals surface area (Å²) in [6.07, 6.45) is 7.83. The van der Waals surface area contributed by atoms with Gasteiger partial charge in [-0.25, -0.2) is 4.98 Å². The molecule has 1 unspecified atom stereocenters. The van der Waals surface area contributed by atoms with E-state index in [0.717, 1.165) is 42.5 Å². The maximum Gasteiger partial charge on any atom is 0.249 e. The van der Waals surface area contributed by atoms with Crippen LogP contribution in [0.15, 0.2) is 24.3 Å². The molecule has 1 N–H and O–H groups in total. The van der Waals surface area contributed by atoms with Crippen molar-refractivity contribution in [1.82, 2.24) is 19.8 Å². The Morgan fingerprint density at radius 3 is 2.73 bits per heavy atom. The number of para-hydroxylation sites is 2. The highest BCUT2D eigenvalue weighted by Gasteiger charge is 2.25. The topological polar surface area (TPSA) is 76.5 Å². The van der Waals surface area contributed by atoms with Crippen LogP contribution in [0.1, 0.15) is 50.8 Å². The molecule has 1 aromatic carbocycles. The Balaban J connectivity index is 1.44. The number of likely N-dealkylation sites (N-methyl/N-ethyl adjacent to an activating group) is 1. The van der Waals surface area contributed by atoms with Gasteiger partial charge in [-0.3, -0.25) is 9.59 Å². The van der Waals surface area contributed by atoms with Crippen molar-refractivity contribution < 1.29 is 14.3 Å². The predicted molar refractivity (Wildman–Crippen MR) is 115 cm³/mol. The molecule has 0 spiro atoms. The number of benzene rings is 1. The number of hydrogen-bond donors (Lipinski definition) is 1. The van der Waals surface area contributed by atoms with Crippen molar-refractivity contribution in [2.45, 2.75) is 70.1 Å². The summed E-state index contributed by atoms with van der Waals surface area (Å²) in [6, 6.07) is 8.24. The van der Waals surface area contributed by atoms with Gasteiger partial charge in [0.1, 0.15) is 18.5 Å². The Bertz CT molecular complexity index is 882. The minimum absolute atomic E-state index is 0.0525. The third kappa shape index (κ3) is 4.67. The lowest BCUT2D eigenvalue weighted by Gasteiger charge is -2.31. The summed E-state index contributed by atoms with van der Waals surface area (Å²) in [4.78, 5) is 31.9. The van der Waals surface area contributed by atoms with E-state index in [1.165, 1.54) is 19.3 Å². The molecule has 7 heteroatoms. The number of rotatable bonds is 7. The van der Waals surface area contributed by atoms with Gasteiger partial charge in [-0.15, -0.1) is 0 Å². The molecule has 1 atom stereocenters. The van der Waals surface area contributed by atoms with Crippen molar-refractivity contribution in [2.75, 3.05) is 20.2 Å². The van der Waals surface area contributed by atoms with Crippen molar-refractivity contribution >= 4 is 22.8 Å². The van der Waals surface area contributed by atoms with Gasteiger partial charge in [-0.1, -0.05) is 31.4 Å². The van der Waals surface area contributed by atoms with Crippen LogP contribution in [-0.4, -0.2) is 58.6 Å². The van der Waals surface area contributed by atoms with Crippen LogP contribution in [0.3, 0.4) is 0 Å². The highest BCUT2D eigenvalue weighted by molar-refractivity contribution is 5.82. The van der Waals surface area contributed by atoms with Crippen molar-refractivity contribution in [3.05, 3.63) is 30.1 Å². The average Bonchev–Trinajstić information content (AvgIpc) is 3.43. The van der Waals surface area contributed by atoms with Crippen LogP contribution in [0, 0.1) is 0 Å². The largest absolute Gasteiger partial charge is 0.368 e. The van der Waals surface area contributed by atoms with Gasteiger partial charge in [-0.2, -0.15) is 0 Å². The van der Waals surface area contributed by atoms with Crippen LogP contribution < -0.4 is 5.32 Å². The number of nitrogens with zero attached hydrogens (tertiary/aromatic N) is 3. The summed E-state index contributed by atoms with van der Waals surface area (Å²) < 4.78 is 7.45. The third-order valence-corrected chi connectivity index (χ3v) is 6.41. The number of nitrogens with one attached hydrogen (secondary N) is 1. The van der Waals surface area contributed by atoms with E-state index in [1.807, 2.05) is 40.8 Å². The van der Waals surface area contributed by atoms with Gasteiger partial charge >= 0.3 is 0 Å². The molecule has 2 fully saturated rings. The van der Waals surface area contributed by atoms with Crippen LogP contribution >= 0.6 is 0 Å². The first-order chi connectivity index (χ1) is 14.6. The lowest BCUT2D eigenvalue weighted by molar-refractivity contribution is -0.133. The molecule has 7 nitrogen and oxygen atoms in total. The maximum atomic E-state index is 13.1. The van der Waals surface area contributed by atoms with Crippen LogP contribution in [-0.2, 0) is 27.3 Å². The number of carbonyl (C=O) groups excluding carboxylic acids is 2. The van der Waals surface area contributed by atoms with Gasteiger partial charge < -0.3 is 19.5 Å². The van der Waals surface area contributed by atoms with Crippen molar-refractivity contribution in [3.8, 4) is 0 Å². The zero-order valence-corrected chi connectivity index (χ0v) is 17.8. The van der Waals surface area contributed by atoms with Crippen LogP contribution in [0.5, 0.6) is 0 Å². The lowest BCUT2D eigenvalue weighted by atomic mass is 9.94. The fourth-order valence-corrected chi connectivity index (χ4v) is 4.61. The molecule has 1 aliphatic carbocycles. The van der Waals surface area contributed by atoms with Crippen LogP contribution in [0.25, 0.3) is 11.0 Å². The molecular formula is C23H32N4O3. The van der Waals surface area contributed by atoms with Crippen LogP contribution in [0.4, 0.5) is 0 Å². The fourth-order valence-electron chi connectivity index (χ4n) is 4.61. The summed E-state index contributed by atoms with van der Waals surface area (Å²) in [5, 5.41) is 2.96. The quantitative estimate of drug-likeness (QED) is 0.759. The van der Waals surface area contributed by atoms with E-state index in [9.17, 15) is 9.59 Å². The number of carbonyl (C=O) groups is 2. The molecule has 162 valence electrons. The van der Waals surface area contributed by atoms with Gasteiger partial charge in [0, 0.05) is 32.7 Å². The molecular weight excluding hydrogens is 380 g/mol. The van der Waals surface area contributed by atoms with Gasteiger partial charge in [0.25, 0.3) is 0 Å². The summed E-state index contributed by atoms with van der Waals surface area (Å²) >= 11 is 0. The summed E-state index contributed by atoms with van der Waals surface area (Å²) in [5.74, 6) is 0.896. The van der Waals surface area contributed by atoms with Crippen molar-refractivity contribution in [1.29, 1.82) is 0 Å². The SMILES string of the molecule is CN(C(=O)Cn1c(CCNC(=O)C2CCCO2)nc2ccccc21)C1CCCCC1. The predicted octanol–water partition coefficient (Wildman–Crippen LogP) is 2.67. The number of hydrogen-bond acceptors (Lipinski definition) is 4. The molecule has 2 aromatic rings. The Morgan fingerprint density at radius 2 is 1.97 bits per heavy atom. The Morgan fingerprint density at radius 1 is 1.17 bits per heavy atom. The smallest absolute Gasteiger partial charge is 0.249 e. The van der Waals surface area contributed by atoms with E-state index in [-0.39, 0.29) is 24.5 Å². The van der Waals surface area contributed by atoms with Gasteiger partial charge in [0.2, 0.25) is 11.8 Å². The van der Waals surface area contributed by atoms with Gasteiger partial charge in [0.05, 0.1) is 11.0 Å². The van der Waals surface area contributed by atoms with E-state index >= 15 is 0 Å². The molecule has 2 aliphatic rings. The molecule has 1 saturated carbocycles.